The Bertz CT molecular complexity index is 958. The summed E-state index contributed by atoms with van der Waals surface area (Å²) < 4.78 is 7.11. The van der Waals surface area contributed by atoms with Crippen LogP contribution in [0.15, 0.2) is 36.4 Å². The minimum atomic E-state index is 0.0842. The van der Waals surface area contributed by atoms with E-state index in [9.17, 15) is 4.79 Å². The van der Waals surface area contributed by atoms with E-state index in [1.165, 1.54) is 5.56 Å². The van der Waals surface area contributed by atoms with Crippen molar-refractivity contribution in [3.63, 3.8) is 0 Å². The van der Waals surface area contributed by atoms with E-state index in [2.05, 4.69) is 29.3 Å². The van der Waals surface area contributed by atoms with Crippen LogP contribution in [0.25, 0.3) is 0 Å². The average Bonchev–Trinajstić information content (AvgIpc) is 2.81. The molecule has 0 aliphatic carbocycles. The van der Waals surface area contributed by atoms with Crippen LogP contribution in [0.4, 0.5) is 11.4 Å². The Labute approximate surface area is 200 Å². The van der Waals surface area contributed by atoms with Crippen molar-refractivity contribution >= 4 is 40.5 Å². The van der Waals surface area contributed by atoms with E-state index in [-0.39, 0.29) is 5.91 Å². The van der Waals surface area contributed by atoms with Gasteiger partial charge in [0, 0.05) is 18.2 Å². The Balaban J connectivity index is 1.23. The maximum atomic E-state index is 11.6. The smallest absolute Gasteiger partial charge is 0.224 e. The lowest BCUT2D eigenvalue weighted by molar-refractivity contribution is -0.927. The van der Waals surface area contributed by atoms with Crippen molar-refractivity contribution in [3.8, 4) is 5.75 Å². The van der Waals surface area contributed by atoms with Gasteiger partial charge in [0.1, 0.15) is 5.75 Å². The third kappa shape index (κ3) is 5.33. The number of amides is 1. The van der Waals surface area contributed by atoms with Gasteiger partial charge in [-0.2, -0.15) is 0 Å². The molecular weight excluding hydrogens is 445 g/mol. The number of hydrogen-bond donors (Lipinski definition) is 1. The third-order valence-corrected chi connectivity index (χ3v) is 7.71. The van der Waals surface area contributed by atoms with Gasteiger partial charge in [-0.15, -0.1) is 0 Å². The van der Waals surface area contributed by atoms with Gasteiger partial charge in [-0.1, -0.05) is 35.3 Å². The molecule has 1 N–H and O–H groups in total. The van der Waals surface area contributed by atoms with Crippen molar-refractivity contribution < 1.29 is 14.0 Å². The van der Waals surface area contributed by atoms with Gasteiger partial charge in [-0.3, -0.25) is 4.79 Å². The number of aryl methyl sites for hydroxylation is 1. The molecule has 0 spiro atoms. The van der Waals surface area contributed by atoms with Gasteiger partial charge >= 0.3 is 0 Å². The maximum Gasteiger partial charge on any atom is 0.224 e. The number of hydrogen-bond acceptors (Lipinski definition) is 3. The highest BCUT2D eigenvalue weighted by Crippen LogP contribution is 2.33. The zero-order chi connectivity index (χ0) is 22.6. The first-order valence-electron chi connectivity index (χ1n) is 11.6. The normalized spacial score (nSPS) is 17.6. The molecule has 1 saturated heterocycles. The highest BCUT2D eigenvalue weighted by Gasteiger charge is 2.31. The highest BCUT2D eigenvalue weighted by atomic mass is 35.5. The minimum Gasteiger partial charge on any atom is -0.494 e. The first-order chi connectivity index (χ1) is 15.5. The number of unbranched alkanes of at least 4 members (excludes halogenated alkanes) is 1. The van der Waals surface area contributed by atoms with Gasteiger partial charge < -0.3 is 19.4 Å². The summed E-state index contributed by atoms with van der Waals surface area (Å²) >= 11 is 12.6. The fourth-order valence-corrected chi connectivity index (χ4v) is 5.16. The molecule has 4 rings (SSSR count). The van der Waals surface area contributed by atoms with Gasteiger partial charge in [0.05, 0.1) is 61.6 Å². The number of nitrogens with one attached hydrogen (secondary N) is 1. The summed E-state index contributed by atoms with van der Waals surface area (Å²) in [5.74, 6) is 0.915. The summed E-state index contributed by atoms with van der Waals surface area (Å²) in [5.41, 5.74) is 3.12. The van der Waals surface area contributed by atoms with E-state index >= 15 is 0 Å². The number of piperazine rings is 1. The number of likely N-dealkylation sites (N-methyl/N-ethyl adjacent to an activating group) is 1. The zero-order valence-corrected chi connectivity index (χ0v) is 20.2. The molecule has 2 heterocycles. The molecule has 2 aliphatic heterocycles. The van der Waals surface area contributed by atoms with E-state index in [1.54, 1.807) is 0 Å². The lowest BCUT2D eigenvalue weighted by atomic mass is 10.0. The van der Waals surface area contributed by atoms with Crippen LogP contribution >= 0.6 is 23.2 Å². The molecule has 0 radical (unpaired) electrons. The minimum absolute atomic E-state index is 0.0842. The summed E-state index contributed by atoms with van der Waals surface area (Å²) in [6, 6.07) is 11.9. The zero-order valence-electron chi connectivity index (χ0n) is 18.7. The summed E-state index contributed by atoms with van der Waals surface area (Å²) in [6.07, 6.45) is 3.52. The number of halogens is 2. The molecule has 2 aromatic carbocycles. The second-order valence-electron chi connectivity index (χ2n) is 8.81. The number of fused-ring (bicyclic) bond motifs is 1. The van der Waals surface area contributed by atoms with Crippen LogP contribution in [0.5, 0.6) is 5.75 Å². The molecule has 1 amide bonds. The van der Waals surface area contributed by atoms with E-state index in [4.69, 9.17) is 27.9 Å². The van der Waals surface area contributed by atoms with Crippen LogP contribution in [-0.2, 0) is 11.2 Å². The summed E-state index contributed by atoms with van der Waals surface area (Å²) in [4.78, 5) is 14.0. The largest absolute Gasteiger partial charge is 0.494 e. The molecule has 0 unspecified atom stereocenters. The number of benzene rings is 2. The van der Waals surface area contributed by atoms with Crippen molar-refractivity contribution in [2.24, 2.45) is 0 Å². The molecule has 32 heavy (non-hydrogen) atoms. The van der Waals surface area contributed by atoms with Crippen LogP contribution in [0, 0.1) is 0 Å². The fourth-order valence-electron chi connectivity index (χ4n) is 4.74. The number of quaternary nitrogens is 1. The fraction of sp³-hybridized carbons (Fsp3) is 0.480. The molecular formula is C25H32Cl2N3O2+. The summed E-state index contributed by atoms with van der Waals surface area (Å²) in [5, 5.41) is 4.21. The molecule has 0 aromatic heterocycles. The van der Waals surface area contributed by atoms with E-state index < -0.39 is 0 Å². The van der Waals surface area contributed by atoms with Crippen molar-refractivity contribution in [3.05, 3.63) is 52.0 Å². The number of rotatable bonds is 8. The van der Waals surface area contributed by atoms with E-state index in [1.807, 2.05) is 24.3 Å². The van der Waals surface area contributed by atoms with Gasteiger partial charge in [0.25, 0.3) is 0 Å². The lowest BCUT2D eigenvalue weighted by Gasteiger charge is -2.45. The quantitative estimate of drug-likeness (QED) is 0.409. The first kappa shape index (κ1) is 23.2. The number of nitrogens with zero attached hydrogens (tertiary/aromatic N) is 2. The second kappa shape index (κ2) is 10.3. The molecule has 2 aromatic rings. The molecule has 1 fully saturated rings. The van der Waals surface area contributed by atoms with Gasteiger partial charge in [0.2, 0.25) is 5.91 Å². The van der Waals surface area contributed by atoms with E-state index in [0.717, 1.165) is 80.1 Å². The maximum absolute atomic E-state index is 11.6. The predicted octanol–water partition coefficient (Wildman–Crippen LogP) is 5.39. The Morgan fingerprint density at radius 1 is 1.09 bits per heavy atom. The monoisotopic (exact) mass is 476 g/mol. The van der Waals surface area contributed by atoms with Crippen LogP contribution in [0.1, 0.15) is 31.7 Å². The van der Waals surface area contributed by atoms with Crippen molar-refractivity contribution in [1.82, 2.24) is 0 Å². The molecule has 2 aliphatic rings. The number of carbonyl (C=O) groups excluding carboxylic acids is 1. The van der Waals surface area contributed by atoms with Crippen LogP contribution in [0.3, 0.4) is 0 Å². The topological polar surface area (TPSA) is 41.6 Å². The highest BCUT2D eigenvalue weighted by molar-refractivity contribution is 6.43. The molecule has 0 bridgehead atoms. The van der Waals surface area contributed by atoms with Gasteiger partial charge in [0.15, 0.2) is 0 Å². The number of ether oxygens (including phenoxy) is 1. The number of anilines is 2. The molecule has 0 atom stereocenters. The lowest BCUT2D eigenvalue weighted by Crippen LogP contribution is -2.60. The van der Waals surface area contributed by atoms with Crippen LogP contribution in [0.2, 0.25) is 10.0 Å². The van der Waals surface area contributed by atoms with E-state index in [0.29, 0.717) is 23.1 Å². The summed E-state index contributed by atoms with van der Waals surface area (Å²) in [7, 11) is 0. The SMILES string of the molecule is CC[N+]1(CCCCOc2ccc3c(c2)NC(=O)CC3)CCN(c2cccc(Cl)c2Cl)CC1. The Morgan fingerprint density at radius 2 is 1.91 bits per heavy atom. The van der Waals surface area contributed by atoms with Crippen LogP contribution in [-0.4, -0.2) is 56.3 Å². The van der Waals surface area contributed by atoms with Crippen LogP contribution < -0.4 is 15.0 Å². The first-order valence-corrected chi connectivity index (χ1v) is 12.3. The average molecular weight is 477 g/mol. The van der Waals surface area contributed by atoms with Crippen molar-refractivity contribution in [1.29, 1.82) is 0 Å². The Morgan fingerprint density at radius 3 is 2.69 bits per heavy atom. The van der Waals surface area contributed by atoms with Crippen molar-refractivity contribution in [2.75, 3.05) is 56.1 Å². The molecule has 172 valence electrons. The van der Waals surface area contributed by atoms with Gasteiger partial charge in [-0.05, 0) is 49.9 Å². The Kier molecular flexibility index (Phi) is 7.49. The standard InChI is InChI=1S/C25H31Cl2N3O2/c1-2-30(15-12-29(13-16-30)23-7-5-6-21(26)25(23)27)14-3-4-17-32-20-10-8-19-9-11-24(31)28-22(19)18-20/h5-8,10,18H,2-4,9,11-17H2,1H3/p+1. The molecule has 7 heteroatoms. The molecule has 0 saturated carbocycles. The third-order valence-electron chi connectivity index (χ3n) is 6.90. The predicted molar refractivity (Wildman–Crippen MR) is 132 cm³/mol. The number of carbonyl (C=O) groups is 1. The van der Waals surface area contributed by atoms with Crippen molar-refractivity contribution in [2.45, 2.75) is 32.6 Å². The summed E-state index contributed by atoms with van der Waals surface area (Å²) in [6.45, 7) is 9.51. The Hall–Kier alpha value is -1.95. The second-order valence-corrected chi connectivity index (χ2v) is 9.60. The van der Waals surface area contributed by atoms with Gasteiger partial charge in [-0.25, -0.2) is 0 Å². The molecule has 5 nitrogen and oxygen atoms in total.